The Hall–Kier alpha value is -2.67. The van der Waals surface area contributed by atoms with E-state index in [1.54, 1.807) is 19.2 Å². The van der Waals surface area contributed by atoms with Gasteiger partial charge in [-0.2, -0.15) is 0 Å². The van der Waals surface area contributed by atoms with Crippen molar-refractivity contribution in [1.82, 2.24) is 15.1 Å². The molecule has 0 atom stereocenters. The highest BCUT2D eigenvalue weighted by Gasteiger charge is 2.06. The number of aromatic nitrogens is 2. The van der Waals surface area contributed by atoms with Gasteiger partial charge in [-0.25, -0.2) is 0 Å². The maximum atomic E-state index is 12.0. The van der Waals surface area contributed by atoms with Gasteiger partial charge in [-0.1, -0.05) is 12.1 Å². The molecular formula is C17H23N5O2. The fourth-order valence-electron chi connectivity index (χ4n) is 2.02. The molecule has 0 radical (unpaired) electrons. The number of nitrogens with zero attached hydrogens (tertiary/aromatic N) is 3. The zero-order valence-electron chi connectivity index (χ0n) is 14.2. The number of ether oxygens (including phenoxy) is 1. The lowest BCUT2D eigenvalue weighted by molar-refractivity contribution is -0.115. The summed E-state index contributed by atoms with van der Waals surface area (Å²) in [6, 6.07) is 10.9. The van der Waals surface area contributed by atoms with Crippen molar-refractivity contribution in [3.05, 3.63) is 42.0 Å². The minimum atomic E-state index is -0.136. The molecule has 2 N–H and O–H groups in total. The number of hydrogen-bond donors (Lipinski definition) is 2. The van der Waals surface area contributed by atoms with Gasteiger partial charge in [0.25, 0.3) is 0 Å². The molecule has 0 aliphatic heterocycles. The molecule has 0 saturated heterocycles. The molecule has 128 valence electrons. The Kier molecular flexibility index (Phi) is 6.51. The highest BCUT2D eigenvalue weighted by atomic mass is 16.5. The first kappa shape index (κ1) is 17.7. The van der Waals surface area contributed by atoms with Gasteiger partial charge in [0.1, 0.15) is 11.6 Å². The van der Waals surface area contributed by atoms with E-state index in [1.807, 2.05) is 38.4 Å². The molecule has 1 aromatic heterocycles. The topological polar surface area (TPSA) is 79.4 Å². The Bertz CT molecular complexity index is 641. The van der Waals surface area contributed by atoms with Gasteiger partial charge < -0.3 is 20.3 Å². The lowest BCUT2D eigenvalue weighted by Gasteiger charge is -2.10. The molecule has 7 heteroatoms. The predicted molar refractivity (Wildman–Crippen MR) is 94.4 cm³/mol. The van der Waals surface area contributed by atoms with E-state index in [-0.39, 0.29) is 12.3 Å². The summed E-state index contributed by atoms with van der Waals surface area (Å²) in [6.45, 7) is 1.69. The number of methoxy groups -OCH3 is 1. The summed E-state index contributed by atoms with van der Waals surface area (Å²) in [5, 5.41) is 14.0. The van der Waals surface area contributed by atoms with Crippen LogP contribution >= 0.6 is 0 Å². The molecular weight excluding hydrogens is 306 g/mol. The van der Waals surface area contributed by atoms with Crippen molar-refractivity contribution >= 4 is 17.5 Å². The van der Waals surface area contributed by atoms with Crippen LogP contribution in [0.2, 0.25) is 0 Å². The average Bonchev–Trinajstić information content (AvgIpc) is 2.57. The summed E-state index contributed by atoms with van der Waals surface area (Å²) in [4.78, 5) is 14.1. The fourth-order valence-corrected chi connectivity index (χ4v) is 2.02. The molecule has 0 bridgehead atoms. The number of carbonyl (C=O) groups excluding carboxylic acids is 1. The minimum Gasteiger partial charge on any atom is -0.497 e. The number of anilines is 2. The van der Waals surface area contributed by atoms with Crippen LogP contribution < -0.4 is 15.4 Å². The summed E-state index contributed by atoms with van der Waals surface area (Å²) in [5.41, 5.74) is 0.906. The lowest BCUT2D eigenvalue weighted by Crippen LogP contribution is -2.21. The molecule has 1 amide bonds. The maximum absolute atomic E-state index is 12.0. The second-order valence-corrected chi connectivity index (χ2v) is 5.61. The van der Waals surface area contributed by atoms with Crippen molar-refractivity contribution in [3.8, 4) is 5.75 Å². The number of carbonyl (C=O) groups is 1. The van der Waals surface area contributed by atoms with Crippen LogP contribution in [0.4, 0.5) is 11.6 Å². The van der Waals surface area contributed by atoms with E-state index in [0.29, 0.717) is 11.6 Å². The van der Waals surface area contributed by atoms with Crippen molar-refractivity contribution in [1.29, 1.82) is 0 Å². The van der Waals surface area contributed by atoms with Gasteiger partial charge in [-0.15, -0.1) is 10.2 Å². The van der Waals surface area contributed by atoms with E-state index in [4.69, 9.17) is 4.74 Å². The van der Waals surface area contributed by atoms with Crippen LogP contribution in [-0.4, -0.2) is 55.3 Å². The third-order valence-corrected chi connectivity index (χ3v) is 3.32. The Balaban J connectivity index is 1.82. The van der Waals surface area contributed by atoms with Crippen LogP contribution in [-0.2, 0) is 11.2 Å². The van der Waals surface area contributed by atoms with E-state index in [9.17, 15) is 4.79 Å². The van der Waals surface area contributed by atoms with Crippen molar-refractivity contribution < 1.29 is 9.53 Å². The SMILES string of the molecule is COc1ccc(CC(=O)Nc2ccc(NCCN(C)C)nn2)cc1. The third-order valence-electron chi connectivity index (χ3n) is 3.32. The van der Waals surface area contributed by atoms with Crippen molar-refractivity contribution in [2.24, 2.45) is 0 Å². The molecule has 0 fully saturated rings. The Morgan fingerprint density at radius 2 is 1.75 bits per heavy atom. The quantitative estimate of drug-likeness (QED) is 0.766. The normalized spacial score (nSPS) is 10.5. The molecule has 7 nitrogen and oxygen atoms in total. The van der Waals surface area contributed by atoms with Crippen LogP contribution in [0.5, 0.6) is 5.75 Å². The van der Waals surface area contributed by atoms with Gasteiger partial charge in [0.05, 0.1) is 13.5 Å². The largest absolute Gasteiger partial charge is 0.497 e. The van der Waals surface area contributed by atoms with Gasteiger partial charge in [0, 0.05) is 13.1 Å². The van der Waals surface area contributed by atoms with Crippen LogP contribution in [0, 0.1) is 0 Å². The van der Waals surface area contributed by atoms with Crippen LogP contribution in [0.15, 0.2) is 36.4 Å². The molecule has 1 heterocycles. The Labute approximate surface area is 142 Å². The smallest absolute Gasteiger partial charge is 0.229 e. The zero-order chi connectivity index (χ0) is 17.4. The fraction of sp³-hybridized carbons (Fsp3) is 0.353. The highest BCUT2D eigenvalue weighted by molar-refractivity contribution is 5.91. The van der Waals surface area contributed by atoms with Gasteiger partial charge in [0.2, 0.25) is 5.91 Å². The van der Waals surface area contributed by atoms with Gasteiger partial charge in [-0.05, 0) is 43.9 Å². The first-order valence-electron chi connectivity index (χ1n) is 7.72. The maximum Gasteiger partial charge on any atom is 0.229 e. The van der Waals surface area contributed by atoms with Gasteiger partial charge >= 0.3 is 0 Å². The average molecular weight is 329 g/mol. The second-order valence-electron chi connectivity index (χ2n) is 5.61. The number of nitrogens with one attached hydrogen (secondary N) is 2. The van der Waals surface area contributed by atoms with Crippen LogP contribution in [0.1, 0.15) is 5.56 Å². The second kappa shape index (κ2) is 8.83. The summed E-state index contributed by atoms with van der Waals surface area (Å²) >= 11 is 0. The Morgan fingerprint density at radius 3 is 2.33 bits per heavy atom. The zero-order valence-corrected chi connectivity index (χ0v) is 14.2. The summed E-state index contributed by atoms with van der Waals surface area (Å²) < 4.78 is 5.09. The van der Waals surface area contributed by atoms with E-state index < -0.39 is 0 Å². The number of likely N-dealkylation sites (N-methyl/N-ethyl adjacent to an activating group) is 1. The van der Waals surface area contributed by atoms with Crippen molar-refractivity contribution in [2.75, 3.05) is 44.9 Å². The molecule has 2 rings (SSSR count). The standard InChI is InChI=1S/C17H23N5O2/c1-22(2)11-10-18-15-8-9-16(21-20-15)19-17(23)12-13-4-6-14(24-3)7-5-13/h4-9H,10-12H2,1-3H3,(H,18,20)(H,19,21,23). The van der Waals surface area contributed by atoms with E-state index in [2.05, 4.69) is 25.7 Å². The number of rotatable bonds is 8. The first-order chi connectivity index (χ1) is 11.6. The third kappa shape index (κ3) is 5.85. The van der Waals surface area contributed by atoms with Gasteiger partial charge in [-0.3, -0.25) is 4.79 Å². The first-order valence-corrected chi connectivity index (χ1v) is 7.72. The minimum absolute atomic E-state index is 0.136. The summed E-state index contributed by atoms with van der Waals surface area (Å²) in [7, 11) is 5.63. The molecule has 1 aromatic carbocycles. The molecule has 24 heavy (non-hydrogen) atoms. The van der Waals surface area contributed by atoms with Crippen LogP contribution in [0.25, 0.3) is 0 Å². The summed E-state index contributed by atoms with van der Waals surface area (Å²) in [6.07, 6.45) is 0.272. The number of amides is 1. The van der Waals surface area contributed by atoms with E-state index in [0.717, 1.165) is 24.4 Å². The van der Waals surface area contributed by atoms with Crippen LogP contribution in [0.3, 0.4) is 0 Å². The van der Waals surface area contributed by atoms with Crippen molar-refractivity contribution in [2.45, 2.75) is 6.42 Å². The van der Waals surface area contributed by atoms with E-state index in [1.165, 1.54) is 0 Å². The molecule has 0 spiro atoms. The van der Waals surface area contributed by atoms with E-state index >= 15 is 0 Å². The molecule has 0 aliphatic rings. The van der Waals surface area contributed by atoms with Crippen molar-refractivity contribution in [3.63, 3.8) is 0 Å². The molecule has 0 saturated carbocycles. The molecule has 0 aliphatic carbocycles. The predicted octanol–water partition coefficient (Wildman–Crippen LogP) is 1.64. The monoisotopic (exact) mass is 329 g/mol. The number of benzene rings is 1. The van der Waals surface area contributed by atoms with Gasteiger partial charge in [0.15, 0.2) is 5.82 Å². The Morgan fingerprint density at radius 1 is 1.08 bits per heavy atom. The summed E-state index contributed by atoms with van der Waals surface area (Å²) in [5.74, 6) is 1.75. The lowest BCUT2D eigenvalue weighted by atomic mass is 10.1. The molecule has 2 aromatic rings. The molecule has 0 unspecified atom stereocenters. The number of hydrogen-bond acceptors (Lipinski definition) is 6. The highest BCUT2D eigenvalue weighted by Crippen LogP contribution is 2.12.